The lowest BCUT2D eigenvalue weighted by atomic mass is 9.88. The molecule has 2 aliphatic rings. The first-order valence-corrected chi connectivity index (χ1v) is 12.3. The maximum absolute atomic E-state index is 12.8. The minimum absolute atomic E-state index is 0.0929. The normalized spacial score (nSPS) is 22.9. The number of anilines is 1. The third-order valence-electron chi connectivity index (χ3n) is 7.04. The van der Waals surface area contributed by atoms with Crippen LogP contribution < -0.4 is 15.5 Å². The molecule has 2 N–H and O–H groups in total. The molecule has 6 heteroatoms. The number of piperidine rings is 1. The largest absolute Gasteiger partial charge is 0.339 e. The van der Waals surface area contributed by atoms with Crippen LogP contribution in [-0.2, 0) is 22.4 Å². The smallest absolute Gasteiger partial charge is 0.238 e. The van der Waals surface area contributed by atoms with Gasteiger partial charge in [0, 0.05) is 24.2 Å². The Balaban J connectivity index is 1.43. The van der Waals surface area contributed by atoms with Crippen LogP contribution in [0.3, 0.4) is 0 Å². The van der Waals surface area contributed by atoms with E-state index in [1.165, 1.54) is 0 Å². The lowest BCUT2D eigenvalue weighted by molar-refractivity contribution is -0.125. The standard InChI is InChI=1S/C28H34N4O2/c1-17(2)32-25-14-22(11-12-23(25)15-26(32)33)21-9-7-20(8-10-21)13-24(16-29)31-28(34)27-18(3)5-6-19(4)30-27/h7-12,14,17-19,24,27,30H,5-6,13,15H2,1-4H3,(H,31,34)/t18-,19+,24+,27+/m1/s1. The van der Waals surface area contributed by atoms with E-state index in [2.05, 4.69) is 42.7 Å². The van der Waals surface area contributed by atoms with Crippen molar-refractivity contribution in [3.05, 3.63) is 53.6 Å². The number of carbonyl (C=O) groups excluding carboxylic acids is 2. The number of nitriles is 1. The van der Waals surface area contributed by atoms with Crippen molar-refractivity contribution in [3.8, 4) is 17.2 Å². The average molecular weight is 459 g/mol. The van der Waals surface area contributed by atoms with E-state index in [9.17, 15) is 14.9 Å². The number of amides is 2. The minimum atomic E-state index is -0.574. The van der Waals surface area contributed by atoms with Gasteiger partial charge < -0.3 is 15.5 Å². The molecular formula is C28H34N4O2. The monoisotopic (exact) mass is 458 g/mol. The molecule has 0 spiro atoms. The number of nitrogens with one attached hydrogen (secondary N) is 2. The van der Waals surface area contributed by atoms with Crippen LogP contribution in [0.25, 0.3) is 11.1 Å². The van der Waals surface area contributed by atoms with Crippen molar-refractivity contribution in [2.75, 3.05) is 4.90 Å². The van der Waals surface area contributed by atoms with E-state index in [4.69, 9.17) is 0 Å². The summed E-state index contributed by atoms with van der Waals surface area (Å²) < 4.78 is 0. The number of fused-ring (bicyclic) bond motifs is 1. The van der Waals surface area contributed by atoms with Gasteiger partial charge in [0.1, 0.15) is 6.04 Å². The lowest BCUT2D eigenvalue weighted by Crippen LogP contribution is -2.55. The molecule has 0 bridgehead atoms. The molecule has 4 atom stereocenters. The molecule has 2 amide bonds. The van der Waals surface area contributed by atoms with E-state index in [1.54, 1.807) is 0 Å². The molecule has 0 aliphatic carbocycles. The molecule has 0 aromatic heterocycles. The average Bonchev–Trinajstić information content (AvgIpc) is 3.15. The van der Waals surface area contributed by atoms with Crippen LogP contribution in [0.15, 0.2) is 42.5 Å². The zero-order chi connectivity index (χ0) is 24.4. The molecular weight excluding hydrogens is 424 g/mol. The first-order chi connectivity index (χ1) is 16.3. The molecule has 6 nitrogen and oxygen atoms in total. The molecule has 0 radical (unpaired) electrons. The molecule has 1 fully saturated rings. The van der Waals surface area contributed by atoms with Gasteiger partial charge in [-0.2, -0.15) is 5.26 Å². The maximum atomic E-state index is 12.8. The predicted molar refractivity (Wildman–Crippen MR) is 134 cm³/mol. The van der Waals surface area contributed by atoms with Crippen molar-refractivity contribution < 1.29 is 9.59 Å². The summed E-state index contributed by atoms with van der Waals surface area (Å²) in [4.78, 5) is 27.0. The zero-order valence-corrected chi connectivity index (χ0v) is 20.5. The number of nitrogens with zero attached hydrogens (tertiary/aromatic N) is 2. The Bertz CT molecular complexity index is 1100. The Labute approximate surface area is 202 Å². The van der Waals surface area contributed by atoms with Gasteiger partial charge in [-0.25, -0.2) is 0 Å². The Morgan fingerprint density at radius 2 is 1.85 bits per heavy atom. The highest BCUT2D eigenvalue weighted by atomic mass is 16.2. The van der Waals surface area contributed by atoms with E-state index in [0.29, 0.717) is 18.9 Å². The van der Waals surface area contributed by atoms with Crippen LogP contribution in [0.1, 0.15) is 51.7 Å². The topological polar surface area (TPSA) is 85.2 Å². The fourth-order valence-electron chi connectivity index (χ4n) is 5.09. The van der Waals surface area contributed by atoms with Crippen molar-refractivity contribution >= 4 is 17.5 Å². The Kier molecular flexibility index (Phi) is 7.04. The van der Waals surface area contributed by atoms with Crippen molar-refractivity contribution in [2.24, 2.45) is 5.92 Å². The molecule has 0 saturated carbocycles. The Morgan fingerprint density at radius 3 is 2.53 bits per heavy atom. The second-order valence-electron chi connectivity index (χ2n) is 10.1. The lowest BCUT2D eigenvalue weighted by Gasteiger charge is -2.33. The summed E-state index contributed by atoms with van der Waals surface area (Å²) >= 11 is 0. The SMILES string of the molecule is CC(C)N1C(=O)Cc2ccc(-c3ccc(C[C@@H](C#N)NC(=O)[C@H]4N[C@@H](C)CC[C@H]4C)cc3)cc21. The number of rotatable bonds is 6. The second-order valence-corrected chi connectivity index (χ2v) is 10.1. The Hall–Kier alpha value is -3.17. The Morgan fingerprint density at radius 1 is 1.15 bits per heavy atom. The van der Waals surface area contributed by atoms with Gasteiger partial charge in [0.25, 0.3) is 0 Å². The fraction of sp³-hybridized carbons (Fsp3) is 0.464. The number of carbonyl (C=O) groups is 2. The van der Waals surface area contributed by atoms with E-state index < -0.39 is 6.04 Å². The number of benzene rings is 2. The molecule has 2 aliphatic heterocycles. The van der Waals surface area contributed by atoms with Crippen molar-refractivity contribution in [2.45, 2.75) is 77.5 Å². The molecule has 4 rings (SSSR count). The summed E-state index contributed by atoms with van der Waals surface area (Å²) in [5.41, 5.74) is 5.17. The first kappa shape index (κ1) is 24.0. The van der Waals surface area contributed by atoms with Crippen molar-refractivity contribution in [3.63, 3.8) is 0 Å². The first-order valence-electron chi connectivity index (χ1n) is 12.3. The maximum Gasteiger partial charge on any atom is 0.238 e. The highest BCUT2D eigenvalue weighted by molar-refractivity contribution is 6.02. The fourth-order valence-corrected chi connectivity index (χ4v) is 5.09. The summed E-state index contributed by atoms with van der Waals surface area (Å²) in [6.07, 6.45) is 2.99. The van der Waals surface area contributed by atoms with E-state index >= 15 is 0 Å². The predicted octanol–water partition coefficient (Wildman–Crippen LogP) is 3.98. The third-order valence-corrected chi connectivity index (χ3v) is 7.04. The summed E-state index contributed by atoms with van der Waals surface area (Å²) in [6.45, 7) is 8.24. The highest BCUT2D eigenvalue weighted by Crippen LogP contribution is 2.34. The van der Waals surface area contributed by atoms with Crippen LogP contribution in [0.5, 0.6) is 0 Å². The molecule has 178 valence electrons. The van der Waals surface area contributed by atoms with Crippen LogP contribution in [0.4, 0.5) is 5.69 Å². The van der Waals surface area contributed by atoms with Gasteiger partial charge >= 0.3 is 0 Å². The van der Waals surface area contributed by atoms with E-state index in [-0.39, 0.29) is 29.8 Å². The molecule has 0 unspecified atom stereocenters. The van der Waals surface area contributed by atoms with E-state index in [1.807, 2.05) is 49.1 Å². The summed E-state index contributed by atoms with van der Waals surface area (Å²) in [7, 11) is 0. The van der Waals surface area contributed by atoms with Crippen molar-refractivity contribution in [1.82, 2.24) is 10.6 Å². The molecule has 2 aromatic carbocycles. The second kappa shape index (κ2) is 9.99. The van der Waals surface area contributed by atoms with Crippen LogP contribution >= 0.6 is 0 Å². The van der Waals surface area contributed by atoms with Gasteiger partial charge in [-0.1, -0.05) is 43.3 Å². The highest BCUT2D eigenvalue weighted by Gasteiger charge is 2.32. The van der Waals surface area contributed by atoms with Gasteiger partial charge in [0.15, 0.2) is 0 Å². The van der Waals surface area contributed by atoms with Gasteiger partial charge in [0.05, 0.1) is 18.5 Å². The van der Waals surface area contributed by atoms with Gasteiger partial charge in [-0.3, -0.25) is 9.59 Å². The van der Waals surface area contributed by atoms with Crippen LogP contribution in [0.2, 0.25) is 0 Å². The number of hydrogen-bond acceptors (Lipinski definition) is 4. The van der Waals surface area contributed by atoms with Gasteiger partial charge in [-0.15, -0.1) is 0 Å². The molecule has 1 saturated heterocycles. The van der Waals surface area contributed by atoms with E-state index in [0.717, 1.165) is 40.8 Å². The van der Waals surface area contributed by atoms with Crippen LogP contribution in [-0.4, -0.2) is 36.0 Å². The minimum Gasteiger partial charge on any atom is -0.339 e. The number of hydrogen-bond donors (Lipinski definition) is 2. The quantitative estimate of drug-likeness (QED) is 0.686. The van der Waals surface area contributed by atoms with Crippen LogP contribution in [0, 0.1) is 17.2 Å². The van der Waals surface area contributed by atoms with Crippen molar-refractivity contribution in [1.29, 1.82) is 5.26 Å². The molecule has 2 heterocycles. The molecule has 2 aromatic rings. The summed E-state index contributed by atoms with van der Waals surface area (Å²) in [5.74, 6) is 0.308. The molecule has 34 heavy (non-hydrogen) atoms. The van der Waals surface area contributed by atoms with Gasteiger partial charge in [-0.05, 0) is 67.9 Å². The zero-order valence-electron chi connectivity index (χ0n) is 20.5. The summed E-state index contributed by atoms with van der Waals surface area (Å²) in [6, 6.07) is 16.1. The summed E-state index contributed by atoms with van der Waals surface area (Å²) in [5, 5.41) is 15.9. The van der Waals surface area contributed by atoms with Gasteiger partial charge in [0.2, 0.25) is 11.8 Å². The third kappa shape index (κ3) is 5.00.